The Bertz CT molecular complexity index is 618. The molecule has 0 fully saturated rings. The number of aromatic nitrogens is 1. The van der Waals surface area contributed by atoms with Gasteiger partial charge in [-0.1, -0.05) is 42.8 Å². The number of pyridine rings is 1. The zero-order valence-electron chi connectivity index (χ0n) is 14.7. The van der Waals surface area contributed by atoms with Crippen molar-refractivity contribution in [2.24, 2.45) is 11.5 Å². The van der Waals surface area contributed by atoms with Crippen LogP contribution in [0.2, 0.25) is 0 Å². The van der Waals surface area contributed by atoms with Crippen LogP contribution in [0.4, 0.5) is 0 Å². The highest BCUT2D eigenvalue weighted by molar-refractivity contribution is 5.81. The lowest BCUT2D eigenvalue weighted by Gasteiger charge is -2.26. The molecule has 2 aromatic rings. The molecular weight excluding hydrogens is 312 g/mol. The minimum absolute atomic E-state index is 0.0257. The first-order chi connectivity index (χ1) is 12.2. The molecule has 0 aliphatic carbocycles. The van der Waals surface area contributed by atoms with E-state index in [9.17, 15) is 4.79 Å². The lowest BCUT2D eigenvalue weighted by Crippen LogP contribution is -2.45. The van der Waals surface area contributed by atoms with Crippen LogP contribution >= 0.6 is 0 Å². The summed E-state index contributed by atoms with van der Waals surface area (Å²) in [5.41, 5.74) is 13.7. The highest BCUT2D eigenvalue weighted by Crippen LogP contribution is 2.10. The number of nitrogens with two attached hydrogens (primary N) is 2. The van der Waals surface area contributed by atoms with Crippen LogP contribution in [-0.4, -0.2) is 34.9 Å². The second-order valence-electron chi connectivity index (χ2n) is 6.23. The monoisotopic (exact) mass is 340 g/mol. The molecule has 0 aliphatic rings. The van der Waals surface area contributed by atoms with Crippen molar-refractivity contribution in [3.8, 4) is 0 Å². The van der Waals surface area contributed by atoms with Crippen LogP contribution in [-0.2, 0) is 17.8 Å². The zero-order valence-corrected chi connectivity index (χ0v) is 14.7. The van der Waals surface area contributed by atoms with Crippen LogP contribution in [0.15, 0.2) is 54.7 Å². The van der Waals surface area contributed by atoms with Gasteiger partial charge < -0.3 is 16.4 Å². The second-order valence-corrected chi connectivity index (χ2v) is 6.23. The number of amides is 1. The number of nitrogens with zero attached hydrogens (tertiary/aromatic N) is 2. The maximum absolute atomic E-state index is 12.9. The van der Waals surface area contributed by atoms with Gasteiger partial charge in [0.1, 0.15) is 0 Å². The van der Waals surface area contributed by atoms with Crippen LogP contribution in [0.3, 0.4) is 0 Å². The van der Waals surface area contributed by atoms with Gasteiger partial charge in [-0.15, -0.1) is 0 Å². The van der Waals surface area contributed by atoms with Gasteiger partial charge in [0.05, 0.1) is 6.04 Å². The van der Waals surface area contributed by atoms with Crippen molar-refractivity contribution in [2.45, 2.75) is 38.3 Å². The van der Waals surface area contributed by atoms with Gasteiger partial charge in [-0.25, -0.2) is 0 Å². The topological polar surface area (TPSA) is 85.2 Å². The lowest BCUT2D eigenvalue weighted by atomic mass is 10.1. The number of hydrogen-bond acceptors (Lipinski definition) is 4. The van der Waals surface area contributed by atoms with E-state index >= 15 is 0 Å². The average Bonchev–Trinajstić information content (AvgIpc) is 2.65. The van der Waals surface area contributed by atoms with Gasteiger partial charge in [-0.3, -0.25) is 9.78 Å². The summed E-state index contributed by atoms with van der Waals surface area (Å²) in [7, 11) is 0. The van der Waals surface area contributed by atoms with Gasteiger partial charge >= 0.3 is 0 Å². The van der Waals surface area contributed by atoms with Gasteiger partial charge in [0, 0.05) is 31.4 Å². The van der Waals surface area contributed by atoms with Crippen molar-refractivity contribution in [1.82, 2.24) is 9.88 Å². The molecule has 0 spiro atoms. The molecule has 0 saturated heterocycles. The number of carbonyl (C=O) groups excluding carboxylic acids is 1. The molecule has 1 heterocycles. The highest BCUT2D eigenvalue weighted by atomic mass is 16.2. The summed E-state index contributed by atoms with van der Waals surface area (Å²) < 4.78 is 0. The Kier molecular flexibility index (Phi) is 8.09. The van der Waals surface area contributed by atoms with E-state index in [2.05, 4.69) is 4.98 Å². The summed E-state index contributed by atoms with van der Waals surface area (Å²) in [5.74, 6) is -0.0257. The molecule has 1 aromatic heterocycles. The van der Waals surface area contributed by atoms with Crippen LogP contribution in [0.5, 0.6) is 0 Å². The van der Waals surface area contributed by atoms with Crippen LogP contribution < -0.4 is 11.5 Å². The van der Waals surface area contributed by atoms with E-state index < -0.39 is 6.04 Å². The Balaban J connectivity index is 2.00. The maximum Gasteiger partial charge on any atom is 0.240 e. The number of hydrogen-bond donors (Lipinski definition) is 2. The zero-order chi connectivity index (χ0) is 17.9. The van der Waals surface area contributed by atoms with E-state index in [0.29, 0.717) is 26.1 Å². The summed E-state index contributed by atoms with van der Waals surface area (Å²) in [4.78, 5) is 19.0. The first kappa shape index (κ1) is 19.1. The molecule has 0 bridgehead atoms. The Morgan fingerprint density at radius 1 is 1.04 bits per heavy atom. The average molecular weight is 340 g/mol. The lowest BCUT2D eigenvalue weighted by molar-refractivity contribution is -0.133. The van der Waals surface area contributed by atoms with E-state index in [1.54, 1.807) is 6.20 Å². The molecule has 5 heteroatoms. The van der Waals surface area contributed by atoms with E-state index in [1.165, 1.54) is 0 Å². The Morgan fingerprint density at radius 3 is 2.48 bits per heavy atom. The molecule has 0 unspecified atom stereocenters. The van der Waals surface area contributed by atoms with Gasteiger partial charge in [0.15, 0.2) is 0 Å². The first-order valence-electron chi connectivity index (χ1n) is 8.89. The molecule has 1 atom stereocenters. The van der Waals surface area contributed by atoms with Crippen LogP contribution in [0.25, 0.3) is 0 Å². The SMILES string of the molecule is NCCCCCN(Cc1ccccc1)C(=O)[C@H](N)Cc1ccccn1. The summed E-state index contributed by atoms with van der Waals surface area (Å²) in [6, 6.07) is 15.1. The molecule has 2 rings (SSSR count). The molecule has 1 amide bonds. The first-order valence-corrected chi connectivity index (χ1v) is 8.89. The van der Waals surface area contributed by atoms with Crippen molar-refractivity contribution in [3.63, 3.8) is 0 Å². The van der Waals surface area contributed by atoms with Gasteiger partial charge in [0.2, 0.25) is 5.91 Å². The van der Waals surface area contributed by atoms with Crippen molar-refractivity contribution in [1.29, 1.82) is 0 Å². The molecule has 1 aromatic carbocycles. The van der Waals surface area contributed by atoms with E-state index in [1.807, 2.05) is 53.4 Å². The predicted octanol–water partition coefficient (Wildman–Crippen LogP) is 2.11. The van der Waals surface area contributed by atoms with Crippen LogP contribution in [0, 0.1) is 0 Å². The Hall–Kier alpha value is -2.24. The molecule has 25 heavy (non-hydrogen) atoms. The largest absolute Gasteiger partial charge is 0.337 e. The molecule has 0 radical (unpaired) electrons. The van der Waals surface area contributed by atoms with E-state index in [4.69, 9.17) is 11.5 Å². The van der Waals surface area contributed by atoms with Gasteiger partial charge in [0.25, 0.3) is 0 Å². The highest BCUT2D eigenvalue weighted by Gasteiger charge is 2.21. The fraction of sp³-hybridized carbons (Fsp3) is 0.400. The molecule has 4 N–H and O–H groups in total. The summed E-state index contributed by atoms with van der Waals surface area (Å²) >= 11 is 0. The summed E-state index contributed by atoms with van der Waals surface area (Å²) in [6.45, 7) is 1.97. The fourth-order valence-corrected chi connectivity index (χ4v) is 2.76. The quantitative estimate of drug-likeness (QED) is 0.649. The van der Waals surface area contributed by atoms with E-state index in [0.717, 1.165) is 30.5 Å². The van der Waals surface area contributed by atoms with Gasteiger partial charge in [-0.2, -0.15) is 0 Å². The fourth-order valence-electron chi connectivity index (χ4n) is 2.76. The second kappa shape index (κ2) is 10.6. The van der Waals surface area contributed by atoms with Crippen molar-refractivity contribution >= 4 is 5.91 Å². The Morgan fingerprint density at radius 2 is 1.80 bits per heavy atom. The number of benzene rings is 1. The van der Waals surface area contributed by atoms with Crippen molar-refractivity contribution in [3.05, 3.63) is 66.0 Å². The number of carbonyl (C=O) groups is 1. The smallest absolute Gasteiger partial charge is 0.240 e. The third-order valence-electron chi connectivity index (χ3n) is 4.13. The summed E-state index contributed by atoms with van der Waals surface area (Å²) in [6.07, 6.45) is 5.11. The van der Waals surface area contributed by atoms with Gasteiger partial charge in [-0.05, 0) is 37.1 Å². The minimum Gasteiger partial charge on any atom is -0.337 e. The number of rotatable bonds is 10. The molecule has 5 nitrogen and oxygen atoms in total. The standard InChI is InChI=1S/C20H28N4O/c21-12-6-2-8-14-24(16-17-9-3-1-4-10-17)20(25)19(22)15-18-11-5-7-13-23-18/h1,3-5,7,9-11,13,19H,2,6,8,12,14-16,21-22H2/t19-/m1/s1. The maximum atomic E-state index is 12.9. The van der Waals surface area contributed by atoms with E-state index in [-0.39, 0.29) is 5.91 Å². The normalized spacial score (nSPS) is 11.9. The predicted molar refractivity (Wildman–Crippen MR) is 101 cm³/mol. The third-order valence-corrected chi connectivity index (χ3v) is 4.13. The summed E-state index contributed by atoms with van der Waals surface area (Å²) in [5, 5.41) is 0. The third kappa shape index (κ3) is 6.64. The Labute approximate surface area is 150 Å². The molecule has 0 aliphatic heterocycles. The minimum atomic E-state index is -0.576. The van der Waals surface area contributed by atoms with Crippen molar-refractivity contribution in [2.75, 3.05) is 13.1 Å². The molecular formula is C20H28N4O. The molecule has 134 valence electrons. The van der Waals surface area contributed by atoms with Crippen LogP contribution in [0.1, 0.15) is 30.5 Å². The number of unbranched alkanes of at least 4 members (excludes halogenated alkanes) is 2. The van der Waals surface area contributed by atoms with Crippen molar-refractivity contribution < 1.29 is 4.79 Å². The molecule has 0 saturated carbocycles.